The first-order valence-corrected chi connectivity index (χ1v) is 14.1. The van der Waals surface area contributed by atoms with Gasteiger partial charge < -0.3 is 10.1 Å². The van der Waals surface area contributed by atoms with Crippen molar-refractivity contribution < 1.29 is 27.5 Å². The second kappa shape index (κ2) is 9.90. The highest BCUT2D eigenvalue weighted by Gasteiger charge is 2.38. The lowest BCUT2D eigenvalue weighted by molar-refractivity contribution is -0.142. The molecule has 4 aromatic rings. The SMILES string of the molecule is COC(=O)c1c(NC(=O)c2nn3c(C(F)(F)F)cc(-c4cccs4)nc3c2Cl)sc2c1CC[C@H](C(C)(C)C)C2. The predicted molar refractivity (Wildman–Crippen MR) is 145 cm³/mol. The number of carbonyl (C=O) groups is 2. The summed E-state index contributed by atoms with van der Waals surface area (Å²) in [4.78, 5) is 31.8. The Bertz CT molecular complexity index is 1590. The molecule has 7 nitrogen and oxygen atoms in total. The molecule has 0 bridgehead atoms. The molecular formula is C26H24ClF3N4O3S2. The van der Waals surface area contributed by atoms with Crippen LogP contribution >= 0.6 is 34.3 Å². The van der Waals surface area contributed by atoms with Crippen LogP contribution in [0.2, 0.25) is 5.02 Å². The van der Waals surface area contributed by atoms with Gasteiger partial charge in [-0.3, -0.25) is 4.79 Å². The molecule has 0 radical (unpaired) electrons. The maximum Gasteiger partial charge on any atom is 0.433 e. The van der Waals surface area contributed by atoms with Crippen LogP contribution in [0.1, 0.15) is 64.2 Å². The van der Waals surface area contributed by atoms with Gasteiger partial charge in [0.15, 0.2) is 17.0 Å². The molecule has 0 saturated heterocycles. The fraction of sp³-hybridized carbons (Fsp3) is 0.385. The summed E-state index contributed by atoms with van der Waals surface area (Å²) in [6.45, 7) is 6.50. The molecule has 0 unspecified atom stereocenters. The van der Waals surface area contributed by atoms with Crippen LogP contribution in [-0.4, -0.2) is 33.6 Å². The van der Waals surface area contributed by atoms with Crippen molar-refractivity contribution in [1.82, 2.24) is 14.6 Å². The number of ether oxygens (including phenoxy) is 1. The van der Waals surface area contributed by atoms with Gasteiger partial charge in [-0.05, 0) is 53.7 Å². The van der Waals surface area contributed by atoms with Gasteiger partial charge >= 0.3 is 12.1 Å². The first kappa shape index (κ1) is 27.6. The van der Waals surface area contributed by atoms with E-state index >= 15 is 0 Å². The molecule has 13 heteroatoms. The number of nitrogens with zero attached hydrogens (tertiary/aromatic N) is 3. The van der Waals surface area contributed by atoms with E-state index in [0.29, 0.717) is 21.7 Å². The largest absolute Gasteiger partial charge is 0.465 e. The molecule has 5 rings (SSSR count). The van der Waals surface area contributed by atoms with E-state index < -0.39 is 29.4 Å². The van der Waals surface area contributed by atoms with Gasteiger partial charge in [0.1, 0.15) is 10.0 Å². The number of anilines is 1. The minimum absolute atomic E-state index is 0.0610. The van der Waals surface area contributed by atoms with Crippen LogP contribution in [0.5, 0.6) is 0 Å². The fourth-order valence-corrected chi connectivity index (χ4v) is 7.03. The van der Waals surface area contributed by atoms with Crippen LogP contribution in [0, 0.1) is 11.3 Å². The number of carbonyl (C=O) groups excluding carboxylic acids is 2. The number of amides is 1. The Morgan fingerprint density at radius 3 is 2.62 bits per heavy atom. The summed E-state index contributed by atoms with van der Waals surface area (Å²) in [5.74, 6) is -1.07. The van der Waals surface area contributed by atoms with Gasteiger partial charge in [0.25, 0.3) is 5.91 Å². The summed E-state index contributed by atoms with van der Waals surface area (Å²) >= 11 is 8.90. The zero-order valence-electron chi connectivity index (χ0n) is 21.4. The number of rotatable bonds is 4. The van der Waals surface area contributed by atoms with E-state index in [1.54, 1.807) is 17.5 Å². The number of thiophene rings is 2. The molecular weight excluding hydrogens is 573 g/mol. The van der Waals surface area contributed by atoms with Gasteiger partial charge in [-0.25, -0.2) is 14.3 Å². The second-order valence-electron chi connectivity index (χ2n) is 10.4. The summed E-state index contributed by atoms with van der Waals surface area (Å²) in [5.41, 5.74) is -0.652. The minimum Gasteiger partial charge on any atom is -0.465 e. The Hall–Kier alpha value is -2.96. The Balaban J connectivity index is 1.56. The van der Waals surface area contributed by atoms with Crippen molar-refractivity contribution in [3.8, 4) is 10.6 Å². The monoisotopic (exact) mass is 596 g/mol. The zero-order valence-corrected chi connectivity index (χ0v) is 23.8. The van der Waals surface area contributed by atoms with Crippen molar-refractivity contribution >= 4 is 56.8 Å². The summed E-state index contributed by atoms with van der Waals surface area (Å²) in [7, 11) is 1.26. The molecule has 4 heterocycles. The molecule has 4 aromatic heterocycles. The lowest BCUT2D eigenvalue weighted by Crippen LogP contribution is -2.26. The van der Waals surface area contributed by atoms with Gasteiger partial charge in [-0.1, -0.05) is 38.4 Å². The van der Waals surface area contributed by atoms with Gasteiger partial charge in [0.2, 0.25) is 0 Å². The maximum atomic E-state index is 14.0. The van der Waals surface area contributed by atoms with E-state index in [1.165, 1.54) is 29.8 Å². The Morgan fingerprint density at radius 1 is 1.26 bits per heavy atom. The highest BCUT2D eigenvalue weighted by molar-refractivity contribution is 7.17. The third-order valence-electron chi connectivity index (χ3n) is 6.92. The highest BCUT2D eigenvalue weighted by Crippen LogP contribution is 2.45. The molecule has 0 spiro atoms. The van der Waals surface area contributed by atoms with Crippen LogP contribution in [0.3, 0.4) is 0 Å². The molecule has 1 atom stereocenters. The molecule has 1 aliphatic carbocycles. The number of aromatic nitrogens is 3. The average Bonchev–Trinajstić information content (AvgIpc) is 3.59. The molecule has 0 aliphatic heterocycles. The quantitative estimate of drug-likeness (QED) is 0.248. The number of alkyl halides is 3. The van der Waals surface area contributed by atoms with Crippen molar-refractivity contribution in [1.29, 1.82) is 0 Å². The molecule has 206 valence electrons. The molecule has 39 heavy (non-hydrogen) atoms. The lowest BCUT2D eigenvalue weighted by atomic mass is 9.72. The van der Waals surface area contributed by atoms with Gasteiger partial charge in [0, 0.05) is 4.88 Å². The summed E-state index contributed by atoms with van der Waals surface area (Å²) in [6.07, 6.45) is -2.53. The Labute approximate surface area is 235 Å². The van der Waals surface area contributed by atoms with Crippen molar-refractivity contribution in [2.45, 2.75) is 46.2 Å². The summed E-state index contributed by atoms with van der Waals surface area (Å²) < 4.78 is 47.5. The smallest absolute Gasteiger partial charge is 0.433 e. The van der Waals surface area contributed by atoms with E-state index in [2.05, 4.69) is 36.2 Å². The molecule has 1 amide bonds. The first-order valence-electron chi connectivity index (χ1n) is 12.0. The fourth-order valence-electron chi connectivity index (χ4n) is 4.78. The third-order valence-corrected chi connectivity index (χ3v) is 9.33. The van der Waals surface area contributed by atoms with Crippen molar-refractivity contribution in [3.63, 3.8) is 0 Å². The normalized spacial score (nSPS) is 15.8. The van der Waals surface area contributed by atoms with Crippen molar-refractivity contribution in [2.75, 3.05) is 12.4 Å². The van der Waals surface area contributed by atoms with Crippen molar-refractivity contribution in [3.05, 3.63) is 56.0 Å². The van der Waals surface area contributed by atoms with E-state index in [1.807, 2.05) is 0 Å². The van der Waals surface area contributed by atoms with Gasteiger partial charge in [-0.15, -0.1) is 22.7 Å². The van der Waals surface area contributed by atoms with Crippen LogP contribution in [0.15, 0.2) is 23.6 Å². The number of nitrogens with one attached hydrogen (secondary N) is 1. The van der Waals surface area contributed by atoms with Crippen LogP contribution in [-0.2, 0) is 23.8 Å². The van der Waals surface area contributed by atoms with Crippen LogP contribution < -0.4 is 5.32 Å². The molecule has 0 aromatic carbocycles. The third kappa shape index (κ3) is 5.05. The maximum absolute atomic E-state index is 14.0. The standard InChI is InChI=1S/C26H24ClF3N4O3S2/c1-25(2,3)12-7-8-13-16(10-12)39-23(18(13)24(36)37-4)32-22(35)20-19(27)21-31-14(15-6-5-9-38-15)11-17(26(28,29)30)34(21)33-20/h5-6,9,11-12H,7-8,10H2,1-4H3,(H,32,35)/t12-/m0/s1. The number of hydrogen-bond donors (Lipinski definition) is 1. The number of methoxy groups -OCH3 is 1. The van der Waals surface area contributed by atoms with E-state index in [9.17, 15) is 22.8 Å². The highest BCUT2D eigenvalue weighted by atomic mass is 35.5. The number of halogens is 4. The van der Waals surface area contributed by atoms with E-state index in [0.717, 1.165) is 29.3 Å². The zero-order chi connectivity index (χ0) is 28.3. The molecule has 0 saturated carbocycles. The second-order valence-corrected chi connectivity index (χ2v) is 12.8. The first-order chi connectivity index (χ1) is 18.3. The number of fused-ring (bicyclic) bond motifs is 2. The number of hydrogen-bond acceptors (Lipinski definition) is 7. The Kier molecular flexibility index (Phi) is 7.01. The van der Waals surface area contributed by atoms with Gasteiger partial charge in [-0.2, -0.15) is 18.3 Å². The van der Waals surface area contributed by atoms with E-state index in [-0.39, 0.29) is 32.3 Å². The van der Waals surface area contributed by atoms with E-state index in [4.69, 9.17) is 16.3 Å². The van der Waals surface area contributed by atoms with Crippen LogP contribution in [0.25, 0.3) is 16.2 Å². The molecule has 0 fully saturated rings. The number of esters is 1. The molecule has 1 N–H and O–H groups in total. The predicted octanol–water partition coefficient (Wildman–Crippen LogP) is 7.38. The van der Waals surface area contributed by atoms with Gasteiger partial charge in [0.05, 0.1) is 23.2 Å². The summed E-state index contributed by atoms with van der Waals surface area (Å²) in [5, 5.41) is 8.21. The van der Waals surface area contributed by atoms with Crippen LogP contribution in [0.4, 0.5) is 18.2 Å². The molecule has 1 aliphatic rings. The summed E-state index contributed by atoms with van der Waals surface area (Å²) in [6, 6.07) is 4.20. The topological polar surface area (TPSA) is 85.6 Å². The Morgan fingerprint density at radius 2 is 2.00 bits per heavy atom. The minimum atomic E-state index is -4.79. The average molecular weight is 597 g/mol. The van der Waals surface area contributed by atoms with Crippen molar-refractivity contribution in [2.24, 2.45) is 11.3 Å². The lowest BCUT2D eigenvalue weighted by Gasteiger charge is -2.33.